The van der Waals surface area contributed by atoms with Gasteiger partial charge in [-0.2, -0.15) is 0 Å². The Bertz CT molecular complexity index is 411. The van der Waals surface area contributed by atoms with E-state index in [-0.39, 0.29) is 16.5 Å². The number of sulfone groups is 1. The van der Waals surface area contributed by atoms with Crippen molar-refractivity contribution in [2.45, 2.75) is 5.75 Å². The molecular formula is C8H9ClO3S. The SMILES string of the molecule is CS(=O)(=O)Cc1ccc(O)cc1Cl. The van der Waals surface area contributed by atoms with Gasteiger partial charge in [0.05, 0.1) is 5.75 Å². The average Bonchev–Trinajstić information content (AvgIpc) is 1.93. The quantitative estimate of drug-likeness (QED) is 0.824. The van der Waals surface area contributed by atoms with Gasteiger partial charge in [-0.3, -0.25) is 0 Å². The molecule has 5 heteroatoms. The van der Waals surface area contributed by atoms with E-state index in [0.717, 1.165) is 6.26 Å². The summed E-state index contributed by atoms with van der Waals surface area (Å²) in [5.74, 6) is -0.0752. The lowest BCUT2D eigenvalue weighted by Gasteiger charge is -2.02. The highest BCUT2D eigenvalue weighted by molar-refractivity contribution is 7.89. The smallest absolute Gasteiger partial charge is 0.151 e. The molecule has 0 saturated carbocycles. The Morgan fingerprint density at radius 1 is 1.46 bits per heavy atom. The van der Waals surface area contributed by atoms with Gasteiger partial charge in [-0.05, 0) is 17.7 Å². The Morgan fingerprint density at radius 2 is 2.08 bits per heavy atom. The van der Waals surface area contributed by atoms with Crippen LogP contribution < -0.4 is 0 Å². The van der Waals surface area contributed by atoms with Gasteiger partial charge in [-0.25, -0.2) is 8.42 Å². The molecule has 0 aliphatic carbocycles. The molecule has 0 unspecified atom stereocenters. The average molecular weight is 221 g/mol. The van der Waals surface area contributed by atoms with Crippen molar-refractivity contribution in [1.29, 1.82) is 0 Å². The van der Waals surface area contributed by atoms with Crippen LogP contribution in [0.4, 0.5) is 0 Å². The summed E-state index contributed by atoms with van der Waals surface area (Å²) in [4.78, 5) is 0. The molecular weight excluding hydrogens is 212 g/mol. The normalized spacial score (nSPS) is 11.5. The summed E-state index contributed by atoms with van der Waals surface area (Å²) in [6, 6.07) is 4.23. The van der Waals surface area contributed by atoms with Gasteiger partial charge in [-0.15, -0.1) is 0 Å². The Balaban J connectivity index is 3.04. The van der Waals surface area contributed by atoms with Crippen molar-refractivity contribution < 1.29 is 13.5 Å². The van der Waals surface area contributed by atoms with Crippen molar-refractivity contribution in [3.63, 3.8) is 0 Å². The second-order valence-corrected chi connectivity index (χ2v) is 5.39. The first-order valence-corrected chi connectivity index (χ1v) is 5.97. The molecule has 0 saturated heterocycles. The van der Waals surface area contributed by atoms with Crippen molar-refractivity contribution in [2.24, 2.45) is 0 Å². The second-order valence-electron chi connectivity index (χ2n) is 2.85. The highest BCUT2D eigenvalue weighted by Gasteiger charge is 2.08. The maximum Gasteiger partial charge on any atom is 0.151 e. The number of phenols is 1. The topological polar surface area (TPSA) is 54.4 Å². The van der Waals surface area contributed by atoms with Crippen LogP contribution in [0.1, 0.15) is 5.56 Å². The van der Waals surface area contributed by atoms with Crippen LogP contribution in [-0.2, 0) is 15.6 Å². The molecule has 0 aromatic heterocycles. The van der Waals surface area contributed by atoms with Gasteiger partial charge >= 0.3 is 0 Å². The standard InChI is InChI=1S/C8H9ClO3S/c1-13(11,12)5-6-2-3-7(10)4-8(6)9/h2-4,10H,5H2,1H3. The van der Waals surface area contributed by atoms with Crippen LogP contribution in [0.2, 0.25) is 5.02 Å². The molecule has 0 spiro atoms. The molecule has 0 radical (unpaired) electrons. The number of hydrogen-bond donors (Lipinski definition) is 1. The van der Waals surface area contributed by atoms with Crippen molar-refractivity contribution in [3.05, 3.63) is 28.8 Å². The Kier molecular flexibility index (Phi) is 2.83. The molecule has 0 aliphatic heterocycles. The van der Waals surface area contributed by atoms with Gasteiger partial charge < -0.3 is 5.11 Å². The molecule has 0 fully saturated rings. The molecule has 0 aliphatic rings. The zero-order chi connectivity index (χ0) is 10.1. The van der Waals surface area contributed by atoms with Gasteiger partial charge in [0.15, 0.2) is 9.84 Å². The lowest BCUT2D eigenvalue weighted by molar-refractivity contribution is 0.475. The highest BCUT2D eigenvalue weighted by atomic mass is 35.5. The summed E-state index contributed by atoms with van der Waals surface area (Å²) in [5, 5.41) is 9.27. The molecule has 0 heterocycles. The van der Waals surface area contributed by atoms with Gasteiger partial charge in [0.25, 0.3) is 0 Å². The van der Waals surface area contributed by atoms with Crippen molar-refractivity contribution in [1.82, 2.24) is 0 Å². The van der Waals surface area contributed by atoms with E-state index in [1.165, 1.54) is 18.2 Å². The summed E-state index contributed by atoms with van der Waals surface area (Å²) >= 11 is 5.71. The van der Waals surface area contributed by atoms with Crippen LogP contribution in [0.15, 0.2) is 18.2 Å². The molecule has 3 nitrogen and oxygen atoms in total. The molecule has 1 aromatic carbocycles. The fraction of sp³-hybridized carbons (Fsp3) is 0.250. The van der Waals surface area contributed by atoms with Crippen molar-refractivity contribution in [2.75, 3.05) is 6.26 Å². The van der Waals surface area contributed by atoms with E-state index in [1.54, 1.807) is 0 Å². The van der Waals surface area contributed by atoms with Gasteiger partial charge in [0, 0.05) is 11.3 Å². The Hall–Kier alpha value is -0.740. The second kappa shape index (κ2) is 3.55. The summed E-state index contributed by atoms with van der Waals surface area (Å²) in [6.45, 7) is 0. The number of hydrogen-bond acceptors (Lipinski definition) is 3. The van der Waals surface area contributed by atoms with Crippen LogP contribution in [0.3, 0.4) is 0 Å². The first kappa shape index (κ1) is 10.3. The largest absolute Gasteiger partial charge is 0.508 e. The molecule has 1 aromatic rings. The fourth-order valence-corrected chi connectivity index (χ4v) is 2.07. The molecule has 72 valence electrons. The molecule has 1 N–H and O–H groups in total. The van der Waals surface area contributed by atoms with Crippen LogP contribution in [0.25, 0.3) is 0 Å². The Morgan fingerprint density at radius 3 is 2.54 bits per heavy atom. The summed E-state index contributed by atoms with van der Waals surface area (Å²) in [7, 11) is -3.08. The number of phenolic OH excluding ortho intramolecular Hbond substituents is 1. The number of rotatable bonds is 2. The number of benzene rings is 1. The van der Waals surface area contributed by atoms with Crippen molar-refractivity contribution >= 4 is 21.4 Å². The molecule has 0 atom stereocenters. The number of aromatic hydroxyl groups is 1. The van der Waals surface area contributed by atoms with Crippen LogP contribution >= 0.6 is 11.6 Å². The molecule has 0 bridgehead atoms. The monoisotopic (exact) mass is 220 g/mol. The minimum Gasteiger partial charge on any atom is -0.508 e. The molecule has 0 amide bonds. The van der Waals surface area contributed by atoms with E-state index in [1.807, 2.05) is 0 Å². The maximum atomic E-state index is 10.9. The first-order valence-electron chi connectivity index (χ1n) is 3.53. The van der Waals surface area contributed by atoms with E-state index >= 15 is 0 Å². The van der Waals surface area contributed by atoms with E-state index in [4.69, 9.17) is 16.7 Å². The van der Waals surface area contributed by atoms with E-state index in [0.29, 0.717) is 5.56 Å². The minimum atomic E-state index is -3.08. The van der Waals surface area contributed by atoms with Gasteiger partial charge in [0.1, 0.15) is 5.75 Å². The third-order valence-corrected chi connectivity index (χ3v) is 2.64. The fourth-order valence-electron chi connectivity index (χ4n) is 0.936. The third kappa shape index (κ3) is 3.24. The highest BCUT2D eigenvalue weighted by Crippen LogP contribution is 2.22. The van der Waals surface area contributed by atoms with E-state index in [2.05, 4.69) is 0 Å². The van der Waals surface area contributed by atoms with E-state index in [9.17, 15) is 8.42 Å². The lowest BCUT2D eigenvalue weighted by atomic mass is 10.2. The van der Waals surface area contributed by atoms with Crippen LogP contribution in [0.5, 0.6) is 5.75 Å². The maximum absolute atomic E-state index is 10.9. The molecule has 1 rings (SSSR count). The van der Waals surface area contributed by atoms with Gasteiger partial charge in [0.2, 0.25) is 0 Å². The minimum absolute atomic E-state index is 0.0299. The Labute approximate surface area is 81.9 Å². The predicted octanol–water partition coefficient (Wildman–Crippen LogP) is 1.59. The zero-order valence-corrected chi connectivity index (χ0v) is 8.56. The summed E-state index contributed by atoms with van der Waals surface area (Å²) in [5.41, 5.74) is 0.502. The zero-order valence-electron chi connectivity index (χ0n) is 6.99. The third-order valence-electron chi connectivity index (χ3n) is 1.45. The lowest BCUT2D eigenvalue weighted by Crippen LogP contribution is -2.00. The van der Waals surface area contributed by atoms with E-state index < -0.39 is 9.84 Å². The van der Waals surface area contributed by atoms with Crippen molar-refractivity contribution in [3.8, 4) is 5.75 Å². The summed E-state index contributed by atoms with van der Waals surface area (Å²) in [6.07, 6.45) is 1.14. The van der Waals surface area contributed by atoms with Gasteiger partial charge in [-0.1, -0.05) is 17.7 Å². The van der Waals surface area contributed by atoms with Crippen LogP contribution in [0, 0.1) is 0 Å². The molecule has 13 heavy (non-hydrogen) atoms. The number of halogens is 1. The summed E-state index contributed by atoms with van der Waals surface area (Å²) < 4.78 is 21.8. The predicted molar refractivity (Wildman–Crippen MR) is 51.7 cm³/mol. The first-order chi connectivity index (χ1) is 5.88. The van der Waals surface area contributed by atoms with Crippen LogP contribution in [-0.4, -0.2) is 19.8 Å².